The summed E-state index contributed by atoms with van der Waals surface area (Å²) in [5.74, 6) is 0.952. The predicted molar refractivity (Wildman–Crippen MR) is 94.7 cm³/mol. The molecule has 22 heavy (non-hydrogen) atoms. The number of nitrogens with zero attached hydrogens (tertiary/aromatic N) is 4. The number of guanidine groups is 1. The van der Waals surface area contributed by atoms with Crippen molar-refractivity contribution in [1.82, 2.24) is 20.1 Å². The normalized spacial score (nSPS) is 19.7. The molecule has 0 aliphatic carbocycles. The molecule has 0 aromatic carbocycles. The third kappa shape index (κ3) is 4.20. The summed E-state index contributed by atoms with van der Waals surface area (Å²) in [6.07, 6.45) is 2.61. The maximum atomic E-state index is 4.58. The summed E-state index contributed by atoms with van der Waals surface area (Å²) >= 11 is 1.76. The van der Waals surface area contributed by atoms with E-state index in [9.17, 15) is 0 Å². The molecule has 1 aliphatic rings. The fourth-order valence-corrected chi connectivity index (χ4v) is 3.95. The van der Waals surface area contributed by atoms with E-state index in [1.807, 2.05) is 7.05 Å². The van der Waals surface area contributed by atoms with E-state index in [0.717, 1.165) is 36.3 Å². The van der Waals surface area contributed by atoms with E-state index >= 15 is 0 Å². The second-order valence-corrected chi connectivity index (χ2v) is 7.24. The van der Waals surface area contributed by atoms with Crippen LogP contribution in [0.3, 0.4) is 0 Å². The highest BCUT2D eigenvalue weighted by Crippen LogP contribution is 2.18. The molecule has 2 rings (SSSR count). The molecule has 0 saturated carbocycles. The lowest BCUT2D eigenvalue weighted by molar-refractivity contribution is 0.232. The molecular formula is C16H29N5S. The first-order chi connectivity index (χ1) is 10.5. The molecule has 1 unspecified atom stereocenters. The average Bonchev–Trinajstić information content (AvgIpc) is 3.06. The van der Waals surface area contributed by atoms with Gasteiger partial charge in [-0.1, -0.05) is 6.92 Å². The Hall–Kier alpha value is -1.14. The van der Waals surface area contributed by atoms with Crippen LogP contribution in [0.15, 0.2) is 4.99 Å². The van der Waals surface area contributed by atoms with Gasteiger partial charge in [-0.25, -0.2) is 4.98 Å². The Morgan fingerprint density at radius 1 is 1.50 bits per heavy atom. The zero-order chi connectivity index (χ0) is 16.1. The van der Waals surface area contributed by atoms with Gasteiger partial charge in [0.2, 0.25) is 0 Å². The van der Waals surface area contributed by atoms with Crippen molar-refractivity contribution in [2.24, 2.45) is 4.99 Å². The molecule has 1 atom stereocenters. The van der Waals surface area contributed by atoms with Crippen molar-refractivity contribution in [2.75, 3.05) is 33.7 Å². The molecular weight excluding hydrogens is 294 g/mol. The van der Waals surface area contributed by atoms with Gasteiger partial charge in [0.25, 0.3) is 0 Å². The molecule has 0 amide bonds. The molecule has 0 bridgehead atoms. The second-order valence-electron chi connectivity index (χ2n) is 5.96. The van der Waals surface area contributed by atoms with Crippen LogP contribution >= 0.6 is 11.3 Å². The highest BCUT2D eigenvalue weighted by molar-refractivity contribution is 7.11. The Balaban J connectivity index is 1.88. The van der Waals surface area contributed by atoms with E-state index in [1.54, 1.807) is 11.3 Å². The van der Waals surface area contributed by atoms with Crippen LogP contribution in [0.4, 0.5) is 0 Å². The van der Waals surface area contributed by atoms with Crippen molar-refractivity contribution in [3.8, 4) is 0 Å². The molecule has 1 N–H and O–H groups in total. The maximum absolute atomic E-state index is 4.58. The summed E-state index contributed by atoms with van der Waals surface area (Å²) in [4.78, 5) is 15.1. The van der Waals surface area contributed by atoms with Gasteiger partial charge in [-0.3, -0.25) is 9.89 Å². The monoisotopic (exact) mass is 323 g/mol. The second kappa shape index (κ2) is 7.92. The minimum absolute atomic E-state index is 0.651. The topological polar surface area (TPSA) is 43.8 Å². The number of likely N-dealkylation sites (N-methyl/N-ethyl adjacent to an activating group) is 2. The molecule has 0 radical (unpaired) electrons. The molecule has 124 valence electrons. The van der Waals surface area contributed by atoms with Crippen molar-refractivity contribution in [3.63, 3.8) is 0 Å². The minimum Gasteiger partial charge on any atom is -0.350 e. The van der Waals surface area contributed by atoms with Gasteiger partial charge >= 0.3 is 0 Å². The van der Waals surface area contributed by atoms with E-state index in [-0.39, 0.29) is 0 Å². The molecule has 0 spiro atoms. The van der Waals surface area contributed by atoms with Crippen molar-refractivity contribution in [3.05, 3.63) is 15.6 Å². The fraction of sp³-hybridized carbons (Fsp3) is 0.750. The smallest absolute Gasteiger partial charge is 0.193 e. The van der Waals surface area contributed by atoms with Gasteiger partial charge in [0.1, 0.15) is 5.01 Å². The van der Waals surface area contributed by atoms with Crippen LogP contribution in [-0.2, 0) is 6.54 Å². The maximum Gasteiger partial charge on any atom is 0.193 e. The van der Waals surface area contributed by atoms with Crippen LogP contribution in [0.1, 0.15) is 35.3 Å². The van der Waals surface area contributed by atoms with Gasteiger partial charge in [0.05, 0.1) is 12.2 Å². The Labute approximate surface area is 138 Å². The molecule has 1 aliphatic heterocycles. The van der Waals surface area contributed by atoms with Gasteiger partial charge in [-0.05, 0) is 39.8 Å². The predicted octanol–water partition coefficient (Wildman–Crippen LogP) is 2.25. The lowest BCUT2D eigenvalue weighted by atomic mass is 10.2. The lowest BCUT2D eigenvalue weighted by Crippen LogP contribution is -2.45. The van der Waals surface area contributed by atoms with Crippen LogP contribution in [0, 0.1) is 13.8 Å². The van der Waals surface area contributed by atoms with Gasteiger partial charge in [0, 0.05) is 31.6 Å². The molecule has 6 heteroatoms. The summed E-state index contributed by atoms with van der Waals surface area (Å²) in [6.45, 7) is 10.6. The molecule has 1 aromatic rings. The highest BCUT2D eigenvalue weighted by Gasteiger charge is 2.24. The first-order valence-corrected chi connectivity index (χ1v) is 8.95. The van der Waals surface area contributed by atoms with Crippen molar-refractivity contribution in [2.45, 2.75) is 46.2 Å². The van der Waals surface area contributed by atoms with E-state index in [0.29, 0.717) is 6.04 Å². The quantitative estimate of drug-likeness (QED) is 0.667. The van der Waals surface area contributed by atoms with Gasteiger partial charge < -0.3 is 10.2 Å². The van der Waals surface area contributed by atoms with Gasteiger partial charge in [-0.15, -0.1) is 11.3 Å². The Morgan fingerprint density at radius 3 is 2.86 bits per heavy atom. The third-order valence-electron chi connectivity index (χ3n) is 4.43. The molecule has 5 nitrogen and oxygen atoms in total. The standard InChI is InChI=1S/C16H29N5S/c1-6-21-9-7-8-14(21)11-20(5)16(17-4)18-10-15-19-12(2)13(3)22-15/h14H,6-11H2,1-5H3,(H,17,18). The third-order valence-corrected chi connectivity index (χ3v) is 5.51. The SMILES string of the molecule is CCN1CCCC1CN(C)C(=NC)NCc1nc(C)c(C)s1. The van der Waals surface area contributed by atoms with Crippen molar-refractivity contribution >= 4 is 17.3 Å². The highest BCUT2D eigenvalue weighted by atomic mass is 32.1. The van der Waals surface area contributed by atoms with Crippen LogP contribution in [0.25, 0.3) is 0 Å². The number of rotatable bonds is 5. The van der Waals surface area contributed by atoms with E-state index in [2.05, 4.69) is 52.9 Å². The summed E-state index contributed by atoms with van der Waals surface area (Å²) in [5.41, 5.74) is 1.13. The Morgan fingerprint density at radius 2 is 2.27 bits per heavy atom. The Kier molecular flexibility index (Phi) is 6.20. The molecule has 1 aromatic heterocycles. The summed E-state index contributed by atoms with van der Waals surface area (Å²) in [7, 11) is 3.98. The number of hydrogen-bond acceptors (Lipinski definition) is 4. The lowest BCUT2D eigenvalue weighted by Gasteiger charge is -2.29. The largest absolute Gasteiger partial charge is 0.350 e. The number of aliphatic imine (C=N–C) groups is 1. The summed E-state index contributed by atoms with van der Waals surface area (Å²) in [5, 5.41) is 4.56. The number of likely N-dealkylation sites (tertiary alicyclic amines) is 1. The zero-order valence-corrected chi connectivity index (χ0v) is 15.3. The zero-order valence-electron chi connectivity index (χ0n) is 14.5. The van der Waals surface area contributed by atoms with Gasteiger partial charge in [-0.2, -0.15) is 0 Å². The van der Waals surface area contributed by atoms with Crippen LogP contribution in [0.2, 0.25) is 0 Å². The number of hydrogen-bond donors (Lipinski definition) is 1. The first kappa shape index (κ1) is 17.2. The molecule has 1 fully saturated rings. The Bertz CT molecular complexity index is 491. The molecule has 1 saturated heterocycles. The van der Waals surface area contributed by atoms with E-state index in [1.165, 1.54) is 24.3 Å². The summed E-state index contributed by atoms with van der Waals surface area (Å²) < 4.78 is 0. The number of aryl methyl sites for hydroxylation is 2. The minimum atomic E-state index is 0.651. The van der Waals surface area contributed by atoms with E-state index < -0.39 is 0 Å². The molecule has 2 heterocycles. The van der Waals surface area contributed by atoms with Gasteiger partial charge in [0.15, 0.2) is 5.96 Å². The van der Waals surface area contributed by atoms with Crippen LogP contribution < -0.4 is 5.32 Å². The van der Waals surface area contributed by atoms with Crippen molar-refractivity contribution < 1.29 is 0 Å². The van der Waals surface area contributed by atoms with Crippen molar-refractivity contribution in [1.29, 1.82) is 0 Å². The first-order valence-electron chi connectivity index (χ1n) is 8.13. The van der Waals surface area contributed by atoms with Crippen LogP contribution in [0.5, 0.6) is 0 Å². The fourth-order valence-electron chi connectivity index (χ4n) is 3.07. The number of aromatic nitrogens is 1. The summed E-state index contributed by atoms with van der Waals surface area (Å²) in [6, 6.07) is 0.651. The average molecular weight is 324 g/mol. The van der Waals surface area contributed by atoms with Crippen LogP contribution in [-0.4, -0.2) is 60.5 Å². The number of nitrogens with one attached hydrogen (secondary N) is 1. The number of thiazole rings is 1. The van der Waals surface area contributed by atoms with E-state index in [4.69, 9.17) is 0 Å².